The highest BCUT2D eigenvalue weighted by atomic mass is 32.2. The normalized spacial score (nSPS) is 10.7. The number of benzene rings is 2. The number of thioether (sulfide) groups is 1. The Labute approximate surface area is 157 Å². The van der Waals surface area contributed by atoms with E-state index in [0.29, 0.717) is 17.9 Å². The number of para-hydroxylation sites is 1. The summed E-state index contributed by atoms with van der Waals surface area (Å²) in [6, 6.07) is 13.7. The van der Waals surface area contributed by atoms with Crippen LogP contribution >= 0.6 is 11.8 Å². The molecule has 0 fully saturated rings. The van der Waals surface area contributed by atoms with E-state index in [0.717, 1.165) is 27.7 Å². The summed E-state index contributed by atoms with van der Waals surface area (Å²) < 4.78 is 7.69. The van der Waals surface area contributed by atoms with Gasteiger partial charge < -0.3 is 4.74 Å². The molecule has 1 aromatic heterocycles. The number of carbonyl (C=O) groups excluding carboxylic acids is 1. The highest BCUT2D eigenvalue weighted by Gasteiger charge is 2.13. The first-order valence-corrected chi connectivity index (χ1v) is 9.44. The van der Waals surface area contributed by atoms with Gasteiger partial charge in [-0.3, -0.25) is 9.36 Å². The Morgan fingerprint density at radius 1 is 1.23 bits per heavy atom. The standard InChI is InChI=1S/C20H21N3O2S/c1-4-25-19-10-9-16(15(3)24)11-17(19)12-26-20-22-21-13-23(20)18-8-6-5-7-14(18)2/h5-11,13H,4,12H2,1-3H3. The minimum Gasteiger partial charge on any atom is -0.494 e. The fourth-order valence-corrected chi connectivity index (χ4v) is 3.57. The molecule has 0 bridgehead atoms. The molecule has 0 atom stereocenters. The number of nitrogens with zero attached hydrogens (tertiary/aromatic N) is 3. The summed E-state index contributed by atoms with van der Waals surface area (Å²) in [5.41, 5.74) is 3.87. The summed E-state index contributed by atoms with van der Waals surface area (Å²) in [5, 5.41) is 9.11. The van der Waals surface area contributed by atoms with Crippen molar-refractivity contribution in [2.75, 3.05) is 6.61 Å². The van der Waals surface area contributed by atoms with Crippen LogP contribution in [0.25, 0.3) is 5.69 Å². The molecule has 3 rings (SSSR count). The molecule has 1 heterocycles. The SMILES string of the molecule is CCOc1ccc(C(C)=O)cc1CSc1nncn1-c1ccccc1C. The minimum atomic E-state index is 0.0439. The maximum absolute atomic E-state index is 11.7. The highest BCUT2D eigenvalue weighted by Crippen LogP contribution is 2.30. The van der Waals surface area contributed by atoms with E-state index in [4.69, 9.17) is 4.74 Å². The maximum atomic E-state index is 11.7. The van der Waals surface area contributed by atoms with Gasteiger partial charge in [-0.15, -0.1) is 10.2 Å². The largest absolute Gasteiger partial charge is 0.494 e. The van der Waals surface area contributed by atoms with Crippen LogP contribution in [0.5, 0.6) is 5.75 Å². The second-order valence-corrected chi connectivity index (χ2v) is 6.81. The number of hydrogen-bond donors (Lipinski definition) is 0. The first-order valence-electron chi connectivity index (χ1n) is 8.45. The lowest BCUT2D eigenvalue weighted by molar-refractivity contribution is 0.101. The van der Waals surface area contributed by atoms with Crippen LogP contribution in [0.4, 0.5) is 0 Å². The van der Waals surface area contributed by atoms with Crippen LogP contribution in [-0.2, 0) is 5.75 Å². The molecular formula is C20H21N3O2S. The van der Waals surface area contributed by atoms with Gasteiger partial charge in [0, 0.05) is 16.9 Å². The first kappa shape index (κ1) is 18.2. The number of Topliss-reactive ketones (excluding diaryl/α,β-unsaturated/α-hetero) is 1. The number of ketones is 1. The van der Waals surface area contributed by atoms with Gasteiger partial charge in [0.25, 0.3) is 0 Å². The Bertz CT molecular complexity index is 921. The molecule has 0 saturated carbocycles. The van der Waals surface area contributed by atoms with Gasteiger partial charge in [0.1, 0.15) is 12.1 Å². The van der Waals surface area contributed by atoms with Gasteiger partial charge in [-0.05, 0) is 50.6 Å². The van der Waals surface area contributed by atoms with Crippen LogP contribution in [0.1, 0.15) is 35.3 Å². The van der Waals surface area contributed by atoms with E-state index in [1.165, 1.54) is 0 Å². The summed E-state index contributed by atoms with van der Waals surface area (Å²) in [5.74, 6) is 1.48. The summed E-state index contributed by atoms with van der Waals surface area (Å²) in [4.78, 5) is 11.7. The number of rotatable bonds is 7. The molecule has 0 unspecified atom stereocenters. The molecule has 3 aromatic rings. The number of aromatic nitrogens is 3. The van der Waals surface area contributed by atoms with E-state index in [-0.39, 0.29) is 5.78 Å². The summed E-state index contributed by atoms with van der Waals surface area (Å²) in [6.07, 6.45) is 1.72. The molecule has 0 amide bonds. The zero-order valence-electron chi connectivity index (χ0n) is 15.1. The third-order valence-corrected chi connectivity index (χ3v) is 5.01. The Morgan fingerprint density at radius 3 is 2.77 bits per heavy atom. The van der Waals surface area contributed by atoms with Crippen LogP contribution in [0, 0.1) is 6.92 Å². The number of aryl methyl sites for hydroxylation is 1. The molecule has 0 spiro atoms. The minimum absolute atomic E-state index is 0.0439. The molecule has 5 nitrogen and oxygen atoms in total. The van der Waals surface area contributed by atoms with Crippen molar-refractivity contribution in [1.82, 2.24) is 14.8 Å². The van der Waals surface area contributed by atoms with Crippen molar-refractivity contribution in [2.24, 2.45) is 0 Å². The van der Waals surface area contributed by atoms with E-state index in [2.05, 4.69) is 23.2 Å². The Balaban J connectivity index is 1.86. The van der Waals surface area contributed by atoms with Gasteiger partial charge in [-0.2, -0.15) is 0 Å². The molecule has 134 valence electrons. The summed E-state index contributed by atoms with van der Waals surface area (Å²) >= 11 is 1.57. The molecule has 0 radical (unpaired) electrons. The molecule has 0 saturated heterocycles. The Kier molecular flexibility index (Phi) is 5.73. The lowest BCUT2D eigenvalue weighted by atomic mass is 10.1. The number of hydrogen-bond acceptors (Lipinski definition) is 5. The highest BCUT2D eigenvalue weighted by molar-refractivity contribution is 7.98. The van der Waals surface area contributed by atoms with Crippen molar-refractivity contribution in [3.05, 3.63) is 65.5 Å². The third-order valence-electron chi connectivity index (χ3n) is 4.02. The monoisotopic (exact) mass is 367 g/mol. The van der Waals surface area contributed by atoms with Crippen LogP contribution < -0.4 is 4.74 Å². The van der Waals surface area contributed by atoms with Gasteiger partial charge in [0.15, 0.2) is 10.9 Å². The predicted molar refractivity (Wildman–Crippen MR) is 103 cm³/mol. The van der Waals surface area contributed by atoms with Crippen molar-refractivity contribution in [1.29, 1.82) is 0 Å². The van der Waals surface area contributed by atoms with Gasteiger partial charge >= 0.3 is 0 Å². The lowest BCUT2D eigenvalue weighted by Crippen LogP contribution is -2.01. The molecule has 0 aliphatic carbocycles. The van der Waals surface area contributed by atoms with Crippen LogP contribution in [0.15, 0.2) is 53.9 Å². The van der Waals surface area contributed by atoms with Gasteiger partial charge in [-0.25, -0.2) is 0 Å². The Hall–Kier alpha value is -2.60. The van der Waals surface area contributed by atoms with E-state index in [1.54, 1.807) is 31.1 Å². The van der Waals surface area contributed by atoms with Crippen LogP contribution in [0.2, 0.25) is 0 Å². The van der Waals surface area contributed by atoms with Gasteiger partial charge in [-0.1, -0.05) is 30.0 Å². The smallest absolute Gasteiger partial charge is 0.195 e. The van der Waals surface area contributed by atoms with E-state index in [1.807, 2.05) is 41.8 Å². The molecule has 0 aliphatic heterocycles. The first-order chi connectivity index (χ1) is 12.6. The zero-order chi connectivity index (χ0) is 18.5. The summed E-state index contributed by atoms with van der Waals surface area (Å²) in [7, 11) is 0. The van der Waals surface area contributed by atoms with E-state index < -0.39 is 0 Å². The van der Waals surface area contributed by atoms with Crippen molar-refractivity contribution in [2.45, 2.75) is 31.7 Å². The number of carbonyl (C=O) groups is 1. The topological polar surface area (TPSA) is 57.0 Å². The predicted octanol–water partition coefficient (Wildman–Crippen LogP) is 4.47. The van der Waals surface area contributed by atoms with Crippen LogP contribution in [-0.4, -0.2) is 27.2 Å². The molecule has 0 aliphatic rings. The Morgan fingerprint density at radius 2 is 2.04 bits per heavy atom. The third kappa shape index (κ3) is 3.96. The fraction of sp³-hybridized carbons (Fsp3) is 0.250. The molecule has 6 heteroatoms. The van der Waals surface area contributed by atoms with Crippen molar-refractivity contribution >= 4 is 17.5 Å². The van der Waals surface area contributed by atoms with E-state index >= 15 is 0 Å². The van der Waals surface area contributed by atoms with Gasteiger partial charge in [0.2, 0.25) is 0 Å². The second kappa shape index (κ2) is 8.19. The average molecular weight is 367 g/mol. The average Bonchev–Trinajstić information content (AvgIpc) is 3.09. The molecular weight excluding hydrogens is 346 g/mol. The van der Waals surface area contributed by atoms with E-state index in [9.17, 15) is 4.79 Å². The van der Waals surface area contributed by atoms with Crippen LogP contribution in [0.3, 0.4) is 0 Å². The zero-order valence-corrected chi connectivity index (χ0v) is 15.9. The maximum Gasteiger partial charge on any atom is 0.195 e. The fourth-order valence-electron chi connectivity index (χ4n) is 2.67. The van der Waals surface area contributed by atoms with Gasteiger partial charge in [0.05, 0.1) is 12.3 Å². The molecule has 2 aromatic carbocycles. The lowest BCUT2D eigenvalue weighted by Gasteiger charge is -2.12. The van der Waals surface area contributed by atoms with Crippen molar-refractivity contribution < 1.29 is 9.53 Å². The number of ether oxygens (including phenoxy) is 1. The van der Waals surface area contributed by atoms with Crippen molar-refractivity contribution in [3.8, 4) is 11.4 Å². The second-order valence-electron chi connectivity index (χ2n) is 5.87. The van der Waals surface area contributed by atoms with Crippen molar-refractivity contribution in [3.63, 3.8) is 0 Å². The quantitative estimate of drug-likeness (QED) is 0.455. The molecule has 0 N–H and O–H groups in total. The molecule has 26 heavy (non-hydrogen) atoms. The summed E-state index contributed by atoms with van der Waals surface area (Å²) in [6.45, 7) is 6.16.